The molecular weight excluding hydrogens is 282 g/mol. The van der Waals surface area contributed by atoms with E-state index < -0.39 is 6.04 Å². The van der Waals surface area contributed by atoms with E-state index in [0.717, 1.165) is 10.3 Å². The maximum absolute atomic E-state index is 11.9. The fraction of sp³-hybridized carbons (Fsp3) is 0.500. The molecule has 0 saturated heterocycles. The molecular formula is C12H18BrN3O. The van der Waals surface area contributed by atoms with Crippen LogP contribution >= 0.6 is 15.9 Å². The Labute approximate surface area is 110 Å². The van der Waals surface area contributed by atoms with E-state index in [1.807, 2.05) is 27.7 Å². The Morgan fingerprint density at radius 2 is 2.06 bits per heavy atom. The van der Waals surface area contributed by atoms with Gasteiger partial charge in [0.25, 0.3) is 0 Å². The van der Waals surface area contributed by atoms with Crippen molar-refractivity contribution in [3.05, 3.63) is 22.4 Å². The number of anilines is 1. The first-order valence-corrected chi connectivity index (χ1v) is 6.20. The second-order valence-electron chi connectivity index (χ2n) is 5.10. The average Bonchev–Trinajstić information content (AvgIpc) is 2.19. The molecule has 1 heterocycles. The predicted molar refractivity (Wildman–Crippen MR) is 72.7 cm³/mol. The number of hydrogen-bond donors (Lipinski definition) is 2. The molecule has 0 aliphatic rings. The number of aromatic nitrogens is 1. The third-order valence-corrected chi connectivity index (χ3v) is 2.97. The second-order valence-corrected chi connectivity index (χ2v) is 5.91. The SMILES string of the molecule is Cc1nc(Br)ccc1NC(=O)[C@H](N)C(C)(C)C. The highest BCUT2D eigenvalue weighted by atomic mass is 79.9. The minimum atomic E-state index is -0.550. The van der Waals surface area contributed by atoms with Crippen LogP contribution in [0.15, 0.2) is 16.7 Å². The quantitative estimate of drug-likeness (QED) is 0.824. The third kappa shape index (κ3) is 3.78. The predicted octanol–water partition coefficient (Wildman–Crippen LogP) is 2.46. The summed E-state index contributed by atoms with van der Waals surface area (Å²) in [5, 5.41) is 2.80. The first kappa shape index (κ1) is 14.1. The van der Waals surface area contributed by atoms with Gasteiger partial charge in [0, 0.05) is 0 Å². The summed E-state index contributed by atoms with van der Waals surface area (Å²) < 4.78 is 0.744. The molecule has 0 unspecified atom stereocenters. The summed E-state index contributed by atoms with van der Waals surface area (Å²) in [6, 6.07) is 3.04. The van der Waals surface area contributed by atoms with E-state index in [1.54, 1.807) is 12.1 Å². The van der Waals surface area contributed by atoms with Gasteiger partial charge in [-0.1, -0.05) is 20.8 Å². The fourth-order valence-corrected chi connectivity index (χ4v) is 1.66. The van der Waals surface area contributed by atoms with Gasteiger partial charge >= 0.3 is 0 Å². The molecule has 0 saturated carbocycles. The Kier molecular flexibility index (Phi) is 4.27. The van der Waals surface area contributed by atoms with Crippen LogP contribution in [0.5, 0.6) is 0 Å². The lowest BCUT2D eigenvalue weighted by molar-refractivity contribution is -0.119. The minimum absolute atomic E-state index is 0.190. The monoisotopic (exact) mass is 299 g/mol. The number of hydrogen-bond acceptors (Lipinski definition) is 3. The van der Waals surface area contributed by atoms with Gasteiger partial charge in [0.1, 0.15) is 4.60 Å². The van der Waals surface area contributed by atoms with E-state index in [2.05, 4.69) is 26.2 Å². The molecule has 17 heavy (non-hydrogen) atoms. The number of amides is 1. The molecule has 0 aliphatic heterocycles. The van der Waals surface area contributed by atoms with Crippen LogP contribution in [0.1, 0.15) is 26.5 Å². The van der Waals surface area contributed by atoms with Gasteiger partial charge in [0.15, 0.2) is 0 Å². The van der Waals surface area contributed by atoms with E-state index in [4.69, 9.17) is 5.73 Å². The molecule has 1 aromatic heterocycles. The average molecular weight is 300 g/mol. The topological polar surface area (TPSA) is 68.0 Å². The van der Waals surface area contributed by atoms with Crippen LogP contribution in [0.2, 0.25) is 0 Å². The largest absolute Gasteiger partial charge is 0.323 e. The highest BCUT2D eigenvalue weighted by molar-refractivity contribution is 9.10. The minimum Gasteiger partial charge on any atom is -0.323 e. The Bertz CT molecular complexity index is 426. The number of nitrogens with two attached hydrogens (primary N) is 1. The molecule has 4 nitrogen and oxygen atoms in total. The molecule has 0 bridgehead atoms. The smallest absolute Gasteiger partial charge is 0.241 e. The Morgan fingerprint density at radius 1 is 1.47 bits per heavy atom. The van der Waals surface area contributed by atoms with Gasteiger partial charge in [-0.05, 0) is 40.4 Å². The summed E-state index contributed by atoms with van der Waals surface area (Å²) >= 11 is 3.27. The number of halogens is 1. The van der Waals surface area contributed by atoms with E-state index in [1.165, 1.54) is 0 Å². The van der Waals surface area contributed by atoms with Crippen LogP contribution in [0, 0.1) is 12.3 Å². The molecule has 0 aromatic carbocycles. The summed E-state index contributed by atoms with van der Waals surface area (Å²) in [4.78, 5) is 16.1. The van der Waals surface area contributed by atoms with Crippen molar-refractivity contribution in [2.75, 3.05) is 5.32 Å². The van der Waals surface area contributed by atoms with Gasteiger partial charge in [-0.15, -0.1) is 0 Å². The van der Waals surface area contributed by atoms with Crippen LogP contribution < -0.4 is 11.1 Å². The van der Waals surface area contributed by atoms with Crippen LogP contribution in [0.25, 0.3) is 0 Å². The normalized spacial score (nSPS) is 13.3. The molecule has 1 atom stereocenters. The molecule has 1 rings (SSSR count). The van der Waals surface area contributed by atoms with Crippen molar-refractivity contribution in [1.82, 2.24) is 4.98 Å². The van der Waals surface area contributed by atoms with Crippen molar-refractivity contribution in [1.29, 1.82) is 0 Å². The maximum Gasteiger partial charge on any atom is 0.241 e. The van der Waals surface area contributed by atoms with Gasteiger partial charge in [-0.25, -0.2) is 4.98 Å². The highest BCUT2D eigenvalue weighted by Crippen LogP contribution is 2.20. The van der Waals surface area contributed by atoms with E-state index in [9.17, 15) is 4.79 Å². The number of carbonyl (C=O) groups excluding carboxylic acids is 1. The van der Waals surface area contributed by atoms with Gasteiger partial charge < -0.3 is 11.1 Å². The zero-order chi connectivity index (χ0) is 13.2. The zero-order valence-electron chi connectivity index (χ0n) is 10.5. The maximum atomic E-state index is 11.9. The molecule has 0 radical (unpaired) electrons. The first-order valence-electron chi connectivity index (χ1n) is 5.41. The van der Waals surface area contributed by atoms with Gasteiger partial charge in [-0.2, -0.15) is 0 Å². The number of carbonyl (C=O) groups is 1. The fourth-order valence-electron chi connectivity index (χ4n) is 1.27. The molecule has 94 valence electrons. The summed E-state index contributed by atoms with van der Waals surface area (Å²) in [6.07, 6.45) is 0. The van der Waals surface area contributed by atoms with Crippen molar-refractivity contribution >= 4 is 27.5 Å². The summed E-state index contributed by atoms with van der Waals surface area (Å²) in [5.41, 5.74) is 7.07. The second kappa shape index (κ2) is 5.14. The molecule has 1 aromatic rings. The number of pyridine rings is 1. The third-order valence-electron chi connectivity index (χ3n) is 2.53. The first-order chi connectivity index (χ1) is 7.71. The zero-order valence-corrected chi connectivity index (χ0v) is 12.1. The van der Waals surface area contributed by atoms with Crippen LogP contribution in [0.4, 0.5) is 5.69 Å². The lowest BCUT2D eigenvalue weighted by Crippen LogP contribution is -2.45. The van der Waals surface area contributed by atoms with Crippen molar-refractivity contribution in [2.24, 2.45) is 11.1 Å². The molecule has 3 N–H and O–H groups in total. The van der Waals surface area contributed by atoms with Crippen molar-refractivity contribution < 1.29 is 4.79 Å². The number of aryl methyl sites for hydroxylation is 1. The van der Waals surface area contributed by atoms with E-state index in [-0.39, 0.29) is 11.3 Å². The summed E-state index contributed by atoms with van der Waals surface area (Å²) in [7, 11) is 0. The standard InChI is InChI=1S/C12H18BrN3O/c1-7-8(5-6-9(13)15-7)16-11(17)10(14)12(2,3)4/h5-6,10H,14H2,1-4H3,(H,16,17)/t10-/m0/s1. The van der Waals surface area contributed by atoms with E-state index in [0.29, 0.717) is 5.69 Å². The lowest BCUT2D eigenvalue weighted by atomic mass is 9.87. The van der Waals surface area contributed by atoms with Crippen LogP contribution in [-0.2, 0) is 4.79 Å². The molecule has 0 aliphatic carbocycles. The summed E-state index contributed by atoms with van der Waals surface area (Å²) in [6.45, 7) is 7.64. The van der Waals surface area contributed by atoms with Crippen molar-refractivity contribution in [3.63, 3.8) is 0 Å². The van der Waals surface area contributed by atoms with E-state index >= 15 is 0 Å². The van der Waals surface area contributed by atoms with Crippen molar-refractivity contribution in [3.8, 4) is 0 Å². The Morgan fingerprint density at radius 3 is 2.53 bits per heavy atom. The van der Waals surface area contributed by atoms with Crippen LogP contribution in [0.3, 0.4) is 0 Å². The number of nitrogens with one attached hydrogen (secondary N) is 1. The summed E-state index contributed by atoms with van der Waals surface area (Å²) in [5.74, 6) is -0.190. The molecule has 0 spiro atoms. The number of rotatable bonds is 2. The van der Waals surface area contributed by atoms with Crippen LogP contribution in [-0.4, -0.2) is 16.9 Å². The molecule has 1 amide bonds. The van der Waals surface area contributed by atoms with Crippen molar-refractivity contribution in [2.45, 2.75) is 33.7 Å². The van der Waals surface area contributed by atoms with Gasteiger partial charge in [0.2, 0.25) is 5.91 Å². The number of nitrogens with zero attached hydrogens (tertiary/aromatic N) is 1. The molecule has 0 fully saturated rings. The lowest BCUT2D eigenvalue weighted by Gasteiger charge is -2.26. The molecule has 5 heteroatoms. The van der Waals surface area contributed by atoms with Gasteiger partial charge in [-0.3, -0.25) is 4.79 Å². The Hall–Kier alpha value is -0.940. The Balaban J connectivity index is 2.82. The van der Waals surface area contributed by atoms with Gasteiger partial charge in [0.05, 0.1) is 17.4 Å². The highest BCUT2D eigenvalue weighted by Gasteiger charge is 2.27.